The molecule has 2 aromatic carbocycles. The lowest BCUT2D eigenvalue weighted by Gasteiger charge is -2.37. The second-order valence-electron chi connectivity index (χ2n) is 10.3. The Bertz CT molecular complexity index is 1460. The van der Waals surface area contributed by atoms with Crippen LogP contribution in [-0.4, -0.2) is 66.9 Å². The molecule has 1 saturated heterocycles. The number of nitrogens with one attached hydrogen (secondary N) is 1. The molecule has 1 unspecified atom stereocenters. The third-order valence-electron chi connectivity index (χ3n) is 7.14. The van der Waals surface area contributed by atoms with Crippen molar-refractivity contribution < 1.29 is 27.0 Å². The Kier molecular flexibility index (Phi) is 8.36. The van der Waals surface area contributed by atoms with Crippen molar-refractivity contribution in [3.63, 3.8) is 0 Å². The zero-order valence-corrected chi connectivity index (χ0v) is 23.9. The van der Waals surface area contributed by atoms with Gasteiger partial charge in [0.1, 0.15) is 11.6 Å². The summed E-state index contributed by atoms with van der Waals surface area (Å²) in [6.07, 6.45) is -5.17. The Balaban J connectivity index is 1.79. The van der Waals surface area contributed by atoms with Gasteiger partial charge in [0.05, 0.1) is 42.0 Å². The third-order valence-corrected chi connectivity index (χ3v) is 10.0. The molecule has 1 N–H and O–H groups in total. The maximum absolute atomic E-state index is 14.3. The van der Waals surface area contributed by atoms with Crippen molar-refractivity contribution in [2.24, 2.45) is 0 Å². The summed E-state index contributed by atoms with van der Waals surface area (Å²) in [7, 11) is -0.0113. The molecule has 0 amide bonds. The fraction of sp³-hybridized carbons (Fsp3) is 0.481. The molecule has 218 valence electrons. The summed E-state index contributed by atoms with van der Waals surface area (Å²) in [5.41, 5.74) is -0.998. The van der Waals surface area contributed by atoms with E-state index in [0.717, 1.165) is 12.1 Å². The Hall–Kier alpha value is -2.38. The van der Waals surface area contributed by atoms with Crippen LogP contribution in [0.3, 0.4) is 0 Å². The summed E-state index contributed by atoms with van der Waals surface area (Å²) in [5, 5.41) is 3.53. The van der Waals surface area contributed by atoms with Crippen LogP contribution in [0.1, 0.15) is 19.4 Å². The maximum atomic E-state index is 14.3. The lowest BCUT2D eigenvalue weighted by molar-refractivity contribution is -0.137. The number of aromatic nitrogens is 2. The van der Waals surface area contributed by atoms with E-state index >= 15 is 0 Å². The van der Waals surface area contributed by atoms with Gasteiger partial charge in [-0.2, -0.15) is 29.1 Å². The van der Waals surface area contributed by atoms with Crippen LogP contribution in [0.15, 0.2) is 44.9 Å². The SMILES string of the molecule is COCCO[C@H]1Cn2c(=O)nc(N3C[C@@H](C)N[C@@H](C)C3)c3cc(C(F)(F)F)cc(c32)[SH](c2ccc(F)c(Cl)c2)C1. The fourth-order valence-corrected chi connectivity index (χ4v) is 8.43. The number of halogens is 5. The van der Waals surface area contributed by atoms with Crippen molar-refractivity contribution in [2.45, 2.75) is 54.5 Å². The average molecular weight is 603 g/mol. The van der Waals surface area contributed by atoms with Crippen LogP contribution >= 0.6 is 22.5 Å². The van der Waals surface area contributed by atoms with Crippen molar-refractivity contribution in [1.29, 1.82) is 0 Å². The number of piperazine rings is 1. The average Bonchev–Trinajstić information content (AvgIpc) is 3.05. The number of alkyl halides is 3. The Morgan fingerprint density at radius 3 is 2.50 bits per heavy atom. The molecule has 1 fully saturated rings. The minimum Gasteiger partial charge on any atom is -0.382 e. The van der Waals surface area contributed by atoms with Crippen LogP contribution in [0.4, 0.5) is 23.4 Å². The highest BCUT2D eigenvalue weighted by molar-refractivity contribution is 8.17. The van der Waals surface area contributed by atoms with E-state index in [2.05, 4.69) is 10.3 Å². The van der Waals surface area contributed by atoms with Crippen LogP contribution in [0.5, 0.6) is 0 Å². The maximum Gasteiger partial charge on any atom is 0.416 e. The molecule has 0 radical (unpaired) electrons. The first-order chi connectivity index (χ1) is 19.0. The molecule has 2 aliphatic heterocycles. The van der Waals surface area contributed by atoms with Gasteiger partial charge >= 0.3 is 11.9 Å². The number of nitrogens with zero attached hydrogens (tertiary/aromatic N) is 3. The Morgan fingerprint density at radius 1 is 1.12 bits per heavy atom. The molecule has 1 aromatic heterocycles. The van der Waals surface area contributed by atoms with Crippen LogP contribution in [0.2, 0.25) is 5.02 Å². The molecule has 0 aliphatic carbocycles. The van der Waals surface area contributed by atoms with Gasteiger partial charge in [-0.05, 0) is 49.1 Å². The molecule has 2 aliphatic rings. The summed E-state index contributed by atoms with van der Waals surface area (Å²) in [4.78, 5) is 20.8. The molecular weight excluding hydrogens is 572 g/mol. The van der Waals surface area contributed by atoms with Crippen molar-refractivity contribution in [1.82, 2.24) is 14.9 Å². The zero-order valence-electron chi connectivity index (χ0n) is 22.3. The molecule has 0 spiro atoms. The van der Waals surface area contributed by atoms with E-state index in [-0.39, 0.29) is 41.5 Å². The van der Waals surface area contributed by atoms with Crippen LogP contribution in [0, 0.1) is 5.82 Å². The molecule has 3 aromatic rings. The van der Waals surface area contributed by atoms with Crippen LogP contribution < -0.4 is 15.9 Å². The standard InChI is InChI=1S/C27H31ClF4N4O3S/c1-15-11-35(12-16(2)33-15)25-20-8-17(27(30,31)32)9-23-24(20)36(26(37)34-25)13-18(39-7-6-38-3)14-40(23)19-4-5-22(29)21(28)10-19/h4-5,8-10,15-16,18,33,40H,6-7,11-14H2,1-3H3/t15-,16+,18-/m0/s1. The Labute approximate surface area is 236 Å². The second kappa shape index (κ2) is 11.5. The third kappa shape index (κ3) is 5.82. The van der Waals surface area contributed by atoms with Gasteiger partial charge in [0.25, 0.3) is 0 Å². The second-order valence-corrected chi connectivity index (χ2v) is 12.9. The zero-order chi connectivity index (χ0) is 28.8. The van der Waals surface area contributed by atoms with Crippen LogP contribution in [0.25, 0.3) is 10.9 Å². The van der Waals surface area contributed by atoms with E-state index in [9.17, 15) is 22.4 Å². The van der Waals surface area contributed by atoms with Crippen molar-refractivity contribution in [2.75, 3.05) is 44.1 Å². The highest BCUT2D eigenvalue weighted by atomic mass is 35.5. The van der Waals surface area contributed by atoms with E-state index in [0.29, 0.717) is 40.8 Å². The number of rotatable bonds is 6. The molecule has 0 saturated carbocycles. The highest BCUT2D eigenvalue weighted by Crippen LogP contribution is 2.52. The first-order valence-electron chi connectivity index (χ1n) is 13.0. The minimum absolute atomic E-state index is 0.0426. The molecule has 7 nitrogen and oxygen atoms in total. The van der Waals surface area contributed by atoms with E-state index in [4.69, 9.17) is 21.1 Å². The highest BCUT2D eigenvalue weighted by Gasteiger charge is 2.36. The number of thiol groups is 1. The molecule has 40 heavy (non-hydrogen) atoms. The van der Waals surface area contributed by atoms with Gasteiger partial charge in [-0.1, -0.05) is 11.6 Å². The summed E-state index contributed by atoms with van der Waals surface area (Å²) in [5.74, 6) is -0.0905. The molecule has 4 atom stereocenters. The summed E-state index contributed by atoms with van der Waals surface area (Å²) >= 11 is 6.13. The van der Waals surface area contributed by atoms with Gasteiger partial charge in [-0.15, -0.1) is 0 Å². The molecule has 3 heterocycles. The molecule has 0 bridgehead atoms. The van der Waals surface area contributed by atoms with E-state index < -0.39 is 40.2 Å². The number of methoxy groups -OCH3 is 1. The summed E-state index contributed by atoms with van der Waals surface area (Å²) < 4.78 is 69.7. The van der Waals surface area contributed by atoms with Gasteiger partial charge in [-0.25, -0.2) is 9.18 Å². The largest absolute Gasteiger partial charge is 0.416 e. The summed E-state index contributed by atoms with van der Waals surface area (Å²) in [6, 6.07) is 6.50. The van der Waals surface area contributed by atoms with Gasteiger partial charge in [0, 0.05) is 48.3 Å². The fourth-order valence-electron chi connectivity index (χ4n) is 5.52. The lowest BCUT2D eigenvalue weighted by atomic mass is 10.1. The summed E-state index contributed by atoms with van der Waals surface area (Å²) in [6.45, 7) is 5.56. The van der Waals surface area contributed by atoms with Gasteiger partial charge in [0.2, 0.25) is 0 Å². The smallest absolute Gasteiger partial charge is 0.382 e. The Morgan fingerprint density at radius 2 is 1.85 bits per heavy atom. The molecule has 5 rings (SSSR count). The van der Waals surface area contributed by atoms with Crippen molar-refractivity contribution in [3.05, 3.63) is 57.2 Å². The van der Waals surface area contributed by atoms with E-state index in [1.807, 2.05) is 18.7 Å². The van der Waals surface area contributed by atoms with Crippen molar-refractivity contribution >= 4 is 39.2 Å². The van der Waals surface area contributed by atoms with Crippen molar-refractivity contribution in [3.8, 4) is 0 Å². The first-order valence-corrected chi connectivity index (χ1v) is 14.9. The minimum atomic E-state index is -4.64. The van der Waals surface area contributed by atoms with Crippen LogP contribution in [-0.2, 0) is 22.2 Å². The quantitative estimate of drug-likeness (QED) is 0.239. The first kappa shape index (κ1) is 29.1. The predicted molar refractivity (Wildman–Crippen MR) is 149 cm³/mol. The number of benzene rings is 2. The molecule has 13 heteroatoms. The lowest BCUT2D eigenvalue weighted by Crippen LogP contribution is -2.55. The number of ether oxygens (including phenoxy) is 2. The molecular formula is C27H31ClF4N4O3S. The number of hydrogen-bond donors (Lipinski definition) is 2. The number of hydrogen-bond acceptors (Lipinski definition) is 6. The van der Waals surface area contributed by atoms with Gasteiger partial charge < -0.3 is 19.7 Å². The van der Waals surface area contributed by atoms with Gasteiger partial charge in [0.15, 0.2) is 0 Å². The van der Waals surface area contributed by atoms with E-state index in [1.165, 1.54) is 23.8 Å². The van der Waals surface area contributed by atoms with E-state index in [1.54, 1.807) is 6.07 Å². The topological polar surface area (TPSA) is 68.6 Å². The number of anilines is 1. The normalized spacial score (nSPS) is 24.4. The van der Waals surface area contributed by atoms with Gasteiger partial charge in [-0.3, -0.25) is 4.57 Å². The monoisotopic (exact) mass is 602 g/mol. The predicted octanol–water partition coefficient (Wildman–Crippen LogP) is 4.86.